The Morgan fingerprint density at radius 2 is 1.33 bits per heavy atom. The number of benzene rings is 2. The smallest absolute Gasteiger partial charge is 0.327 e. The standard InChI is InChI=1S/C44H64N14O9S2/c1-44(2)34(41(66)67)58-39(64)32(21-25-22-52-28-14-7-6-12-26(25)28)56-36(61)29(15-9-18-51-43(48)49)54-38(63)31(20-24-10-4-3-5-11-24)55-40(65)33(23-59)57-37(62)30(16-19-68-69-44)53-35(60)27(45)13-8-17-50-42(46)47/h3-7,10-12,14,22,27,29-34,52,59H,8-9,13,15-21,23,45H2,1-2H3,(H,53,60)(H,54,63)(H,55,65)(H,56,61)(H,57,62)(H,58,64)(H,66,67)(H4,46,47,50)(H4,48,49,51)/t27-,29+,30+,31-,32+,33+,34-/m1/s1. The Hall–Kier alpha value is -6.57. The highest BCUT2D eigenvalue weighted by Gasteiger charge is 2.40. The van der Waals surface area contributed by atoms with Crippen molar-refractivity contribution in [2.75, 3.05) is 25.4 Å². The minimum absolute atomic E-state index is 0.0567. The maximum absolute atomic E-state index is 14.5. The van der Waals surface area contributed by atoms with Crippen molar-refractivity contribution in [1.82, 2.24) is 36.9 Å². The molecule has 1 fully saturated rings. The normalized spacial score (nSPS) is 22.5. The van der Waals surface area contributed by atoms with Gasteiger partial charge < -0.3 is 75.8 Å². The zero-order chi connectivity index (χ0) is 50.7. The lowest BCUT2D eigenvalue weighted by atomic mass is 10.00. The van der Waals surface area contributed by atoms with Gasteiger partial charge in [-0.25, -0.2) is 4.79 Å². The number of carbonyl (C=O) groups is 7. The predicted octanol–water partition coefficient (Wildman–Crippen LogP) is -2.06. The van der Waals surface area contributed by atoms with Gasteiger partial charge in [0.25, 0.3) is 0 Å². The summed E-state index contributed by atoms with van der Waals surface area (Å²) in [5.41, 5.74) is 30.0. The molecule has 0 bridgehead atoms. The number of aromatic nitrogens is 1. The van der Waals surface area contributed by atoms with Crippen LogP contribution in [0, 0.1) is 0 Å². The summed E-state index contributed by atoms with van der Waals surface area (Å²) in [6.07, 6.45) is 1.97. The Morgan fingerprint density at radius 3 is 1.99 bits per heavy atom. The molecule has 376 valence electrons. The van der Waals surface area contributed by atoms with Crippen molar-refractivity contribution in [2.45, 2.75) is 106 Å². The molecule has 2 heterocycles. The Labute approximate surface area is 406 Å². The second-order valence-corrected chi connectivity index (χ2v) is 19.9. The number of aromatic amines is 1. The van der Waals surface area contributed by atoms with Crippen LogP contribution >= 0.6 is 21.6 Å². The molecule has 0 radical (unpaired) electrons. The molecule has 0 unspecified atom stereocenters. The molecular formula is C44H64N14O9S2. The first-order chi connectivity index (χ1) is 32.8. The molecule has 1 aliphatic rings. The van der Waals surface area contributed by atoms with Crippen LogP contribution in [0.25, 0.3) is 10.9 Å². The van der Waals surface area contributed by atoms with Gasteiger partial charge in [0, 0.05) is 48.8 Å². The van der Waals surface area contributed by atoms with Crippen LogP contribution in [0.15, 0.2) is 70.8 Å². The summed E-state index contributed by atoms with van der Waals surface area (Å²) < 4.78 is -1.24. The van der Waals surface area contributed by atoms with Crippen LogP contribution in [0.2, 0.25) is 0 Å². The zero-order valence-electron chi connectivity index (χ0n) is 38.4. The average molecular weight is 997 g/mol. The van der Waals surface area contributed by atoms with Gasteiger partial charge >= 0.3 is 5.97 Å². The number of fused-ring (bicyclic) bond motifs is 1. The number of aliphatic carboxylic acids is 1. The molecule has 19 N–H and O–H groups in total. The summed E-state index contributed by atoms with van der Waals surface area (Å²) in [6, 6.07) is 6.13. The van der Waals surface area contributed by atoms with Gasteiger partial charge in [0.05, 0.1) is 17.4 Å². The number of aliphatic imine (C=N–C) groups is 2. The van der Waals surface area contributed by atoms with Crippen molar-refractivity contribution in [3.05, 3.63) is 71.9 Å². The van der Waals surface area contributed by atoms with Crippen LogP contribution in [-0.2, 0) is 46.4 Å². The summed E-state index contributed by atoms with van der Waals surface area (Å²) >= 11 is 0. The van der Waals surface area contributed by atoms with Gasteiger partial charge in [0.2, 0.25) is 35.4 Å². The molecule has 1 aromatic heterocycles. The Kier molecular flexibility index (Phi) is 21.4. The number of para-hydroxylation sites is 1. The summed E-state index contributed by atoms with van der Waals surface area (Å²) in [5, 5.41) is 37.5. The fourth-order valence-corrected chi connectivity index (χ4v) is 9.94. The molecule has 0 aliphatic carbocycles. The van der Waals surface area contributed by atoms with E-state index in [0.717, 1.165) is 32.5 Å². The second-order valence-electron chi connectivity index (χ2n) is 16.8. The SMILES string of the molecule is CC1(C)SSCC[C@H](NC(=O)[C@H](N)CCCN=C(N)N)C(=O)N[C@@H](CO)C(=O)N[C@H](Cc2ccccc2)C(=O)N[C@@H](CCCN=C(N)N)C(=O)N[C@@H](Cc2c[nH]c3ccccc23)C(=O)N[C@@H]1C(=O)O. The first-order valence-electron chi connectivity index (χ1n) is 22.2. The first-order valence-corrected chi connectivity index (χ1v) is 24.5. The molecule has 1 saturated heterocycles. The molecule has 7 atom stereocenters. The van der Waals surface area contributed by atoms with E-state index in [-0.39, 0.29) is 69.3 Å². The van der Waals surface area contributed by atoms with Crippen LogP contribution in [0.3, 0.4) is 0 Å². The second kappa shape index (κ2) is 26.8. The van der Waals surface area contributed by atoms with Crippen LogP contribution in [0.4, 0.5) is 0 Å². The minimum Gasteiger partial charge on any atom is -0.480 e. The maximum Gasteiger partial charge on any atom is 0.327 e. The number of nitrogens with two attached hydrogens (primary N) is 5. The van der Waals surface area contributed by atoms with Crippen molar-refractivity contribution in [1.29, 1.82) is 0 Å². The monoisotopic (exact) mass is 996 g/mol. The van der Waals surface area contributed by atoms with Crippen molar-refractivity contribution >= 4 is 85.8 Å². The fraction of sp³-hybridized carbons (Fsp3) is 0.477. The van der Waals surface area contributed by atoms with Crippen molar-refractivity contribution in [3.63, 3.8) is 0 Å². The van der Waals surface area contributed by atoms with Crippen molar-refractivity contribution in [3.8, 4) is 0 Å². The van der Waals surface area contributed by atoms with E-state index in [9.17, 15) is 43.8 Å². The van der Waals surface area contributed by atoms with Gasteiger partial charge in [0.15, 0.2) is 11.9 Å². The molecule has 3 aromatic rings. The number of carbonyl (C=O) groups excluding carboxylic acids is 6. The summed E-state index contributed by atoms with van der Waals surface area (Å²) in [5.74, 6) is -6.65. The Bertz CT molecular complexity index is 2310. The van der Waals surface area contributed by atoms with Crippen molar-refractivity contribution < 1.29 is 43.8 Å². The van der Waals surface area contributed by atoms with Crippen molar-refractivity contribution in [2.24, 2.45) is 38.7 Å². The maximum atomic E-state index is 14.5. The van der Waals surface area contributed by atoms with Gasteiger partial charge in [0.1, 0.15) is 36.3 Å². The number of rotatable bonds is 16. The van der Waals surface area contributed by atoms with Crippen LogP contribution < -0.4 is 60.6 Å². The number of carboxylic acids is 1. The largest absolute Gasteiger partial charge is 0.480 e. The summed E-state index contributed by atoms with van der Waals surface area (Å²) in [6.45, 7) is 2.52. The van der Waals surface area contributed by atoms with E-state index in [0.29, 0.717) is 17.5 Å². The highest BCUT2D eigenvalue weighted by atomic mass is 33.1. The van der Waals surface area contributed by atoms with Gasteiger partial charge in [-0.1, -0.05) is 70.1 Å². The van der Waals surface area contributed by atoms with Gasteiger partial charge in [-0.15, -0.1) is 0 Å². The number of amides is 6. The molecule has 0 spiro atoms. The van der Waals surface area contributed by atoms with Gasteiger partial charge in [-0.2, -0.15) is 0 Å². The first kappa shape index (κ1) is 55.0. The lowest BCUT2D eigenvalue weighted by Gasteiger charge is -2.32. The third kappa shape index (κ3) is 17.5. The lowest BCUT2D eigenvalue weighted by Crippen LogP contribution is -2.61. The Balaban J connectivity index is 1.76. The van der Waals surface area contributed by atoms with Gasteiger partial charge in [-0.3, -0.25) is 38.8 Å². The number of H-pyrrole nitrogens is 1. The predicted molar refractivity (Wildman–Crippen MR) is 265 cm³/mol. The highest BCUT2D eigenvalue weighted by Crippen LogP contribution is 2.39. The van der Waals surface area contributed by atoms with Crippen LogP contribution in [0.1, 0.15) is 57.1 Å². The quantitative estimate of drug-likeness (QED) is 0.0317. The molecule has 1 aliphatic heterocycles. The van der Waals surface area contributed by atoms with Gasteiger partial charge in [-0.05, 0) is 63.1 Å². The zero-order valence-corrected chi connectivity index (χ0v) is 40.1. The number of carboxylic acid groups (broad SMARTS) is 1. The number of nitrogens with zero attached hydrogens (tertiary/aromatic N) is 2. The number of hydrogen-bond acceptors (Lipinski definition) is 13. The molecule has 23 nitrogen and oxygen atoms in total. The fourth-order valence-electron chi connectivity index (χ4n) is 7.23. The number of aliphatic hydroxyl groups is 1. The topological polar surface area (TPSA) is 403 Å². The summed E-state index contributed by atoms with van der Waals surface area (Å²) in [4.78, 5) is 108. The molecular weight excluding hydrogens is 933 g/mol. The van der Waals surface area contributed by atoms with E-state index in [2.05, 4.69) is 46.9 Å². The van der Waals surface area contributed by atoms with E-state index >= 15 is 0 Å². The van der Waals surface area contributed by atoms with E-state index < -0.39 is 95.1 Å². The summed E-state index contributed by atoms with van der Waals surface area (Å²) in [7, 11) is 2.24. The minimum atomic E-state index is -1.64. The lowest BCUT2D eigenvalue weighted by molar-refractivity contribution is -0.143. The molecule has 6 amide bonds. The van der Waals surface area contributed by atoms with E-state index in [1.165, 1.54) is 0 Å². The number of aliphatic hydroxyl groups excluding tert-OH is 1. The third-order valence-corrected chi connectivity index (χ3v) is 14.3. The molecule has 0 saturated carbocycles. The van der Waals surface area contributed by atoms with E-state index in [1.54, 1.807) is 56.4 Å². The molecule has 25 heteroatoms. The third-order valence-electron chi connectivity index (χ3n) is 11.0. The van der Waals surface area contributed by atoms with Crippen LogP contribution in [-0.4, -0.2) is 141 Å². The Morgan fingerprint density at radius 1 is 0.768 bits per heavy atom. The molecule has 4 rings (SSSR count). The number of hydrogen-bond donors (Lipinski definition) is 14. The van der Waals surface area contributed by atoms with Crippen LogP contribution in [0.5, 0.6) is 0 Å². The number of guanidine groups is 2. The molecule has 69 heavy (non-hydrogen) atoms. The number of nitrogens with one attached hydrogen (secondary N) is 7. The highest BCUT2D eigenvalue weighted by molar-refractivity contribution is 8.77. The van der Waals surface area contributed by atoms with E-state index in [1.807, 2.05) is 18.2 Å². The average Bonchev–Trinajstić information content (AvgIpc) is 3.71. The van der Waals surface area contributed by atoms with E-state index in [4.69, 9.17) is 28.7 Å². The molecule has 2 aromatic carbocycles.